The Bertz CT molecular complexity index is 662. The summed E-state index contributed by atoms with van der Waals surface area (Å²) in [6.45, 7) is 14.5. The number of hydrogen-bond donors (Lipinski definition) is 0. The first-order valence-corrected chi connectivity index (χ1v) is 10.6. The molecule has 4 nitrogen and oxygen atoms in total. The molecule has 0 heterocycles. The minimum Gasteiger partial charge on any atom is -0.462 e. The van der Waals surface area contributed by atoms with Crippen molar-refractivity contribution in [1.29, 1.82) is 0 Å². The lowest BCUT2D eigenvalue weighted by molar-refractivity contribution is -0.149. The van der Waals surface area contributed by atoms with Crippen LogP contribution in [0.15, 0.2) is 23.3 Å². The minimum atomic E-state index is -0.304. The highest BCUT2D eigenvalue weighted by Gasteiger charge is 2.54. The molecule has 5 atom stereocenters. The highest BCUT2D eigenvalue weighted by atomic mass is 16.5. The van der Waals surface area contributed by atoms with Crippen LogP contribution in [0.5, 0.6) is 0 Å². The Labute approximate surface area is 170 Å². The van der Waals surface area contributed by atoms with Crippen LogP contribution >= 0.6 is 0 Å². The number of carbonyl (C=O) groups is 2. The third kappa shape index (κ3) is 4.69. The molecule has 0 bridgehead atoms. The summed E-state index contributed by atoms with van der Waals surface area (Å²) < 4.78 is 10.8. The van der Waals surface area contributed by atoms with Gasteiger partial charge >= 0.3 is 11.9 Å². The van der Waals surface area contributed by atoms with Crippen molar-refractivity contribution in [2.75, 3.05) is 6.61 Å². The number of ether oxygens (including phenoxy) is 2. The fourth-order valence-electron chi connectivity index (χ4n) is 5.57. The molecule has 2 aliphatic rings. The van der Waals surface area contributed by atoms with Crippen LogP contribution in [0.4, 0.5) is 0 Å². The smallest absolute Gasteiger partial charge is 0.303 e. The minimum absolute atomic E-state index is 0.0825. The van der Waals surface area contributed by atoms with E-state index in [9.17, 15) is 9.59 Å². The van der Waals surface area contributed by atoms with Crippen LogP contribution in [-0.2, 0) is 19.1 Å². The van der Waals surface area contributed by atoms with E-state index in [1.54, 1.807) is 0 Å². The van der Waals surface area contributed by atoms with Gasteiger partial charge in [-0.1, -0.05) is 32.4 Å². The molecule has 158 valence electrons. The van der Waals surface area contributed by atoms with Crippen molar-refractivity contribution in [2.45, 2.75) is 86.7 Å². The highest BCUT2D eigenvalue weighted by Crippen LogP contribution is 2.62. The Morgan fingerprint density at radius 2 is 1.89 bits per heavy atom. The van der Waals surface area contributed by atoms with Crippen molar-refractivity contribution in [3.63, 3.8) is 0 Å². The molecule has 0 saturated heterocycles. The highest BCUT2D eigenvalue weighted by molar-refractivity contribution is 5.66. The summed E-state index contributed by atoms with van der Waals surface area (Å²) in [4.78, 5) is 22.9. The quantitative estimate of drug-likeness (QED) is 0.436. The largest absolute Gasteiger partial charge is 0.462 e. The first-order chi connectivity index (χ1) is 13.0. The van der Waals surface area contributed by atoms with Crippen LogP contribution < -0.4 is 0 Å². The fraction of sp³-hybridized carbons (Fsp3) is 0.750. The maximum absolute atomic E-state index is 11.8. The van der Waals surface area contributed by atoms with Gasteiger partial charge in [0.2, 0.25) is 0 Å². The van der Waals surface area contributed by atoms with Crippen molar-refractivity contribution in [3.05, 3.63) is 23.3 Å². The molecule has 2 rings (SSSR count). The molecule has 0 aromatic heterocycles. The summed E-state index contributed by atoms with van der Waals surface area (Å²) in [5.41, 5.74) is 2.79. The molecule has 0 aromatic carbocycles. The van der Waals surface area contributed by atoms with Crippen LogP contribution in [0.1, 0.15) is 80.6 Å². The van der Waals surface area contributed by atoms with E-state index in [-0.39, 0.29) is 35.5 Å². The number of rotatable bonds is 6. The molecule has 1 fully saturated rings. The predicted octanol–water partition coefficient (Wildman–Crippen LogP) is 5.62. The zero-order chi connectivity index (χ0) is 21.1. The lowest BCUT2D eigenvalue weighted by Crippen LogP contribution is -2.51. The topological polar surface area (TPSA) is 52.6 Å². The van der Waals surface area contributed by atoms with Crippen molar-refractivity contribution in [1.82, 2.24) is 0 Å². The molecule has 0 aliphatic heterocycles. The lowest BCUT2D eigenvalue weighted by atomic mass is 9.46. The second-order valence-electron chi connectivity index (χ2n) is 9.43. The fourth-order valence-corrected chi connectivity index (χ4v) is 5.57. The summed E-state index contributed by atoms with van der Waals surface area (Å²) in [5.74, 6) is 0.574. The van der Waals surface area contributed by atoms with E-state index in [0.717, 1.165) is 18.4 Å². The van der Waals surface area contributed by atoms with Gasteiger partial charge < -0.3 is 9.47 Å². The summed E-state index contributed by atoms with van der Waals surface area (Å²) in [6.07, 6.45) is 9.56. The maximum atomic E-state index is 11.8. The normalized spacial score (nSPS) is 34.1. The zero-order valence-corrected chi connectivity index (χ0v) is 18.8. The summed E-state index contributed by atoms with van der Waals surface area (Å²) >= 11 is 0. The number of esters is 2. The van der Waals surface area contributed by atoms with Crippen molar-refractivity contribution in [2.24, 2.45) is 22.7 Å². The molecule has 0 amide bonds. The predicted molar refractivity (Wildman–Crippen MR) is 112 cm³/mol. The van der Waals surface area contributed by atoms with E-state index < -0.39 is 0 Å². The Morgan fingerprint density at radius 3 is 2.50 bits per heavy atom. The van der Waals surface area contributed by atoms with Gasteiger partial charge in [-0.05, 0) is 80.3 Å². The van der Waals surface area contributed by atoms with Gasteiger partial charge in [-0.2, -0.15) is 0 Å². The van der Waals surface area contributed by atoms with Gasteiger partial charge in [0.05, 0.1) is 0 Å². The lowest BCUT2D eigenvalue weighted by Gasteiger charge is -2.58. The van der Waals surface area contributed by atoms with E-state index in [2.05, 4.69) is 33.8 Å². The molecule has 0 spiro atoms. The van der Waals surface area contributed by atoms with Gasteiger partial charge in [-0.25, -0.2) is 0 Å². The molecule has 1 unspecified atom stereocenters. The van der Waals surface area contributed by atoms with E-state index >= 15 is 0 Å². The van der Waals surface area contributed by atoms with Gasteiger partial charge in [-0.15, -0.1) is 0 Å². The van der Waals surface area contributed by atoms with Crippen molar-refractivity contribution >= 4 is 11.9 Å². The van der Waals surface area contributed by atoms with Gasteiger partial charge in [-0.3, -0.25) is 9.59 Å². The average molecular weight is 391 g/mol. The van der Waals surface area contributed by atoms with Crippen LogP contribution in [-0.4, -0.2) is 24.6 Å². The van der Waals surface area contributed by atoms with Crippen molar-refractivity contribution in [3.8, 4) is 0 Å². The van der Waals surface area contributed by atoms with Crippen LogP contribution in [0.3, 0.4) is 0 Å². The van der Waals surface area contributed by atoms with Gasteiger partial charge in [0, 0.05) is 13.8 Å². The standard InChI is InChI=1S/C24H38O4/c1-16(12-14-27-19(4)25)21(28-20(5)26)15-24(7)18(3)11-13-23(6)17(2)9-8-10-22(23)24/h9,12,18,21-22H,8,10-11,13-15H2,1-7H3/b16-12+/t18-,21?,22+,23+,24+/m1/s1. The third-order valence-corrected chi connectivity index (χ3v) is 7.73. The average Bonchev–Trinajstić information content (AvgIpc) is 2.59. The number of allylic oxidation sites excluding steroid dienone is 2. The molecular weight excluding hydrogens is 352 g/mol. The van der Waals surface area contributed by atoms with Crippen LogP contribution in [0, 0.1) is 22.7 Å². The molecule has 1 saturated carbocycles. The van der Waals surface area contributed by atoms with Crippen LogP contribution in [0.2, 0.25) is 0 Å². The van der Waals surface area contributed by atoms with E-state index in [0.29, 0.717) is 11.8 Å². The Hall–Kier alpha value is -1.58. The second kappa shape index (κ2) is 8.84. The molecule has 0 N–H and O–H groups in total. The Kier molecular flexibility index (Phi) is 7.17. The number of fused-ring (bicyclic) bond motifs is 1. The first kappa shape index (κ1) is 22.7. The molecule has 0 radical (unpaired) electrons. The van der Waals surface area contributed by atoms with Crippen molar-refractivity contribution < 1.29 is 19.1 Å². The number of hydrogen-bond acceptors (Lipinski definition) is 4. The van der Waals surface area contributed by atoms with Gasteiger partial charge in [0.15, 0.2) is 0 Å². The molecule has 2 aliphatic carbocycles. The van der Waals surface area contributed by atoms with Crippen LogP contribution in [0.25, 0.3) is 0 Å². The molecular formula is C24H38O4. The van der Waals surface area contributed by atoms with E-state index in [4.69, 9.17) is 9.47 Å². The summed E-state index contributed by atoms with van der Waals surface area (Å²) in [5, 5.41) is 0. The first-order valence-electron chi connectivity index (χ1n) is 10.6. The summed E-state index contributed by atoms with van der Waals surface area (Å²) in [7, 11) is 0. The monoisotopic (exact) mass is 390 g/mol. The zero-order valence-electron chi connectivity index (χ0n) is 18.8. The van der Waals surface area contributed by atoms with E-state index in [1.165, 1.54) is 38.7 Å². The molecule has 0 aromatic rings. The van der Waals surface area contributed by atoms with Gasteiger partial charge in [0.1, 0.15) is 12.7 Å². The second-order valence-corrected chi connectivity index (χ2v) is 9.43. The molecule has 28 heavy (non-hydrogen) atoms. The Morgan fingerprint density at radius 1 is 1.21 bits per heavy atom. The molecule has 4 heteroatoms. The third-order valence-electron chi connectivity index (χ3n) is 7.73. The van der Waals surface area contributed by atoms with E-state index in [1.807, 2.05) is 13.0 Å². The van der Waals surface area contributed by atoms with Gasteiger partial charge in [0.25, 0.3) is 0 Å². The maximum Gasteiger partial charge on any atom is 0.303 e. The SMILES string of the molecule is CC(=O)OC/C=C(\C)C(C[C@@]1(C)[C@H](C)CC[C@@]2(C)C(C)=CCC[C@H]12)OC(C)=O. The Balaban J connectivity index is 2.30. The number of carbonyl (C=O) groups excluding carboxylic acids is 2. The summed E-state index contributed by atoms with van der Waals surface area (Å²) in [6, 6.07) is 0.